The van der Waals surface area contributed by atoms with E-state index in [0.29, 0.717) is 23.9 Å². The number of hydrogen-bond acceptors (Lipinski definition) is 3. The van der Waals surface area contributed by atoms with Crippen molar-refractivity contribution in [3.8, 4) is 0 Å². The van der Waals surface area contributed by atoms with Gasteiger partial charge in [0.25, 0.3) is 0 Å². The summed E-state index contributed by atoms with van der Waals surface area (Å²) in [4.78, 5) is 10.7. The fraction of sp³-hybridized carbons (Fsp3) is 0.667. The third-order valence-corrected chi connectivity index (χ3v) is 2.04. The summed E-state index contributed by atoms with van der Waals surface area (Å²) in [5, 5.41) is 0. The van der Waals surface area contributed by atoms with Crippen molar-refractivity contribution in [2.24, 2.45) is 5.92 Å². The van der Waals surface area contributed by atoms with Gasteiger partial charge in [0, 0.05) is 6.42 Å². The van der Waals surface area contributed by atoms with Crippen LogP contribution >= 0.6 is 11.6 Å². The average molecular weight is 205 g/mol. The first-order valence-corrected chi connectivity index (χ1v) is 4.84. The minimum absolute atomic E-state index is 0.194. The topological polar surface area (TPSA) is 43.4 Å². The summed E-state index contributed by atoms with van der Waals surface area (Å²) in [5.74, 6) is 1.16. The van der Waals surface area contributed by atoms with Crippen molar-refractivity contribution in [2.75, 3.05) is 0 Å². The second kappa shape index (κ2) is 4.51. The second-order valence-electron chi connectivity index (χ2n) is 3.37. The molecule has 1 heterocycles. The number of halogens is 1. The van der Waals surface area contributed by atoms with Crippen LogP contribution in [0.25, 0.3) is 0 Å². The molecule has 0 spiro atoms. The van der Waals surface area contributed by atoms with Gasteiger partial charge in [-0.25, -0.2) is 4.79 Å². The van der Waals surface area contributed by atoms with Gasteiger partial charge in [-0.2, -0.15) is 0 Å². The highest BCUT2D eigenvalue weighted by molar-refractivity contribution is 6.16. The summed E-state index contributed by atoms with van der Waals surface area (Å²) in [7, 11) is 0. The Hall–Kier alpha value is -0.700. The summed E-state index contributed by atoms with van der Waals surface area (Å²) < 4.78 is 9.59. The van der Waals surface area contributed by atoms with E-state index in [9.17, 15) is 4.79 Å². The molecule has 1 aromatic rings. The molecular weight excluding hydrogens is 192 g/mol. The van der Waals surface area contributed by atoms with E-state index >= 15 is 0 Å². The van der Waals surface area contributed by atoms with E-state index in [2.05, 4.69) is 13.8 Å². The van der Waals surface area contributed by atoms with Crippen molar-refractivity contribution in [1.82, 2.24) is 0 Å². The summed E-state index contributed by atoms with van der Waals surface area (Å²) in [6.45, 7) is 4.22. The summed E-state index contributed by atoms with van der Waals surface area (Å²) in [5.41, 5.74) is 0. The molecule has 0 aliphatic rings. The van der Waals surface area contributed by atoms with Crippen molar-refractivity contribution in [2.45, 2.75) is 32.6 Å². The molecule has 0 radical (unpaired) electrons. The average Bonchev–Trinajstić information content (AvgIpc) is 2.42. The molecule has 0 saturated carbocycles. The van der Waals surface area contributed by atoms with Crippen molar-refractivity contribution in [1.29, 1.82) is 0 Å². The Morgan fingerprint density at radius 1 is 1.31 bits per heavy atom. The van der Waals surface area contributed by atoms with Crippen LogP contribution in [0, 0.1) is 5.92 Å². The van der Waals surface area contributed by atoms with Crippen molar-refractivity contribution in [3.63, 3.8) is 0 Å². The highest BCUT2D eigenvalue weighted by atomic mass is 35.5. The van der Waals surface area contributed by atoms with Gasteiger partial charge >= 0.3 is 5.82 Å². The Morgan fingerprint density at radius 3 is 2.46 bits per heavy atom. The predicted octanol–water partition coefficient (Wildman–Crippen LogP) is 2.56. The lowest BCUT2D eigenvalue weighted by atomic mass is 10.1. The zero-order chi connectivity index (χ0) is 9.84. The molecule has 0 aliphatic heterocycles. The van der Waals surface area contributed by atoms with Crippen LogP contribution in [-0.2, 0) is 12.3 Å². The van der Waals surface area contributed by atoms with E-state index in [-0.39, 0.29) is 5.88 Å². The molecule has 3 nitrogen and oxygen atoms in total. The van der Waals surface area contributed by atoms with Gasteiger partial charge < -0.3 is 8.83 Å². The van der Waals surface area contributed by atoms with Crippen LogP contribution in [0.3, 0.4) is 0 Å². The lowest BCUT2D eigenvalue weighted by molar-refractivity contribution is 0.365. The van der Waals surface area contributed by atoms with E-state index in [1.165, 1.54) is 0 Å². The van der Waals surface area contributed by atoms with Gasteiger partial charge in [0.15, 0.2) is 11.5 Å². The molecule has 0 unspecified atom stereocenters. The number of hydrogen-bond donors (Lipinski definition) is 0. The smallest absolute Gasteiger partial charge is 0.396 e. The monoisotopic (exact) mass is 204 g/mol. The lowest BCUT2D eigenvalue weighted by Crippen LogP contribution is -1.93. The molecule has 1 aromatic heterocycles. The molecule has 1 rings (SSSR count). The minimum Gasteiger partial charge on any atom is -0.396 e. The van der Waals surface area contributed by atoms with Crippen LogP contribution in [0.15, 0.2) is 13.6 Å². The standard InChI is InChI=1S/C9H13ClO3/c1-6(2)3-4-7-8(5-10)13-9(11)12-7/h6H,3-5H2,1-2H3. The third-order valence-electron chi connectivity index (χ3n) is 1.79. The molecule has 0 fully saturated rings. The molecule has 0 atom stereocenters. The van der Waals surface area contributed by atoms with E-state index in [1.54, 1.807) is 0 Å². The van der Waals surface area contributed by atoms with Crippen LogP contribution < -0.4 is 5.82 Å². The molecule has 74 valence electrons. The normalized spacial score (nSPS) is 11.1. The number of aryl methyl sites for hydroxylation is 1. The summed E-state index contributed by atoms with van der Waals surface area (Å²) in [6.07, 6.45) is 1.68. The van der Waals surface area contributed by atoms with Gasteiger partial charge in [-0.1, -0.05) is 13.8 Å². The fourth-order valence-corrected chi connectivity index (χ4v) is 1.25. The highest BCUT2D eigenvalue weighted by Crippen LogP contribution is 2.14. The first-order chi connectivity index (χ1) is 6.13. The van der Waals surface area contributed by atoms with Crippen LogP contribution in [0.5, 0.6) is 0 Å². The van der Waals surface area contributed by atoms with Crippen molar-refractivity contribution < 1.29 is 8.83 Å². The van der Waals surface area contributed by atoms with Crippen molar-refractivity contribution in [3.05, 3.63) is 22.1 Å². The van der Waals surface area contributed by atoms with Gasteiger partial charge in [-0.05, 0) is 12.3 Å². The van der Waals surface area contributed by atoms with Crippen LogP contribution in [0.1, 0.15) is 31.8 Å². The first kappa shape index (κ1) is 10.4. The molecule has 0 aromatic carbocycles. The first-order valence-electron chi connectivity index (χ1n) is 4.31. The quantitative estimate of drug-likeness (QED) is 0.708. The Labute approximate surface area is 81.7 Å². The maximum atomic E-state index is 10.7. The second-order valence-corrected chi connectivity index (χ2v) is 3.63. The van der Waals surface area contributed by atoms with Gasteiger partial charge in [0.1, 0.15) is 0 Å². The maximum absolute atomic E-state index is 10.7. The van der Waals surface area contributed by atoms with E-state index in [1.807, 2.05) is 0 Å². The maximum Gasteiger partial charge on any atom is 0.519 e. The van der Waals surface area contributed by atoms with Crippen LogP contribution in [0.4, 0.5) is 0 Å². The summed E-state index contributed by atoms with van der Waals surface area (Å²) in [6, 6.07) is 0. The lowest BCUT2D eigenvalue weighted by Gasteiger charge is -2.00. The fourth-order valence-electron chi connectivity index (χ4n) is 1.05. The largest absolute Gasteiger partial charge is 0.519 e. The van der Waals surface area contributed by atoms with Gasteiger partial charge in [0.2, 0.25) is 0 Å². The molecule has 0 amide bonds. The Balaban J connectivity index is 2.69. The van der Waals surface area contributed by atoms with E-state index in [0.717, 1.165) is 6.42 Å². The molecular formula is C9H13ClO3. The van der Waals surface area contributed by atoms with Gasteiger partial charge in [0.05, 0.1) is 5.88 Å². The highest BCUT2D eigenvalue weighted by Gasteiger charge is 2.11. The molecule has 0 saturated heterocycles. The Bertz CT molecular complexity index is 311. The van der Waals surface area contributed by atoms with Crippen LogP contribution in [0.2, 0.25) is 0 Å². The zero-order valence-electron chi connectivity index (χ0n) is 7.80. The van der Waals surface area contributed by atoms with E-state index in [4.69, 9.17) is 20.4 Å². The molecule has 4 heteroatoms. The Kier molecular flexibility index (Phi) is 3.60. The SMILES string of the molecule is CC(C)CCc1oc(=O)oc1CCl. The van der Waals surface area contributed by atoms with Gasteiger partial charge in [-0.3, -0.25) is 0 Å². The molecule has 13 heavy (non-hydrogen) atoms. The molecule has 0 bridgehead atoms. The third kappa shape index (κ3) is 2.92. The zero-order valence-corrected chi connectivity index (χ0v) is 8.56. The predicted molar refractivity (Wildman–Crippen MR) is 50.0 cm³/mol. The molecule has 0 N–H and O–H groups in total. The van der Waals surface area contributed by atoms with E-state index < -0.39 is 5.82 Å². The Morgan fingerprint density at radius 2 is 1.92 bits per heavy atom. The minimum atomic E-state index is -0.658. The number of rotatable bonds is 4. The number of alkyl halides is 1. The van der Waals surface area contributed by atoms with Crippen LogP contribution in [-0.4, -0.2) is 0 Å². The molecule has 0 aliphatic carbocycles. The van der Waals surface area contributed by atoms with Crippen molar-refractivity contribution >= 4 is 11.6 Å². The van der Waals surface area contributed by atoms with Gasteiger partial charge in [-0.15, -0.1) is 11.6 Å². The summed E-state index contributed by atoms with van der Waals surface area (Å²) >= 11 is 5.57.